The molecule has 0 saturated carbocycles. The predicted octanol–water partition coefficient (Wildman–Crippen LogP) is 3.14. The first-order valence-electron chi connectivity index (χ1n) is 9.48. The summed E-state index contributed by atoms with van der Waals surface area (Å²) in [6, 6.07) is 7.17. The van der Waals surface area contributed by atoms with Crippen molar-refractivity contribution in [1.29, 1.82) is 0 Å². The molecular formula is C20H29FN2O2. The molecule has 1 amide bonds. The molecule has 2 fully saturated rings. The molecule has 2 saturated heterocycles. The molecule has 2 aliphatic rings. The van der Waals surface area contributed by atoms with E-state index in [2.05, 4.69) is 17.1 Å². The van der Waals surface area contributed by atoms with Crippen molar-refractivity contribution in [2.45, 2.75) is 38.6 Å². The van der Waals surface area contributed by atoms with Gasteiger partial charge in [0, 0.05) is 19.2 Å². The van der Waals surface area contributed by atoms with E-state index in [1.807, 2.05) is 12.1 Å². The summed E-state index contributed by atoms with van der Waals surface area (Å²) in [5.74, 6) is 0.705. The molecule has 2 aliphatic heterocycles. The fraction of sp³-hybridized carbons (Fsp3) is 0.650. The Morgan fingerprint density at radius 1 is 1.28 bits per heavy atom. The standard InChI is InChI=1S/C20H29FN2O2/c1-15(17-2-4-19(21)5-3-17)23-11-7-16(8-12-23)6-10-22-20(24)18-9-13-25-14-18/h2-5,15-16,18H,6-14H2,1H3,(H,22,24). The van der Waals surface area contributed by atoms with Crippen molar-refractivity contribution in [3.8, 4) is 0 Å². The van der Waals surface area contributed by atoms with Gasteiger partial charge < -0.3 is 10.1 Å². The highest BCUT2D eigenvalue weighted by molar-refractivity contribution is 5.78. The largest absolute Gasteiger partial charge is 0.381 e. The number of hydrogen-bond donors (Lipinski definition) is 1. The molecule has 0 spiro atoms. The van der Waals surface area contributed by atoms with Crippen LogP contribution in [0.1, 0.15) is 44.2 Å². The Kier molecular flexibility index (Phi) is 6.43. The SMILES string of the molecule is CC(c1ccc(F)cc1)N1CCC(CCNC(=O)C2CCOC2)CC1. The third-order valence-electron chi connectivity index (χ3n) is 5.70. The number of piperidine rings is 1. The predicted molar refractivity (Wildman–Crippen MR) is 95.7 cm³/mol. The van der Waals surface area contributed by atoms with Crippen LogP contribution in [0.3, 0.4) is 0 Å². The first-order valence-corrected chi connectivity index (χ1v) is 9.48. The molecule has 2 heterocycles. The zero-order chi connectivity index (χ0) is 17.6. The molecule has 0 bridgehead atoms. The van der Waals surface area contributed by atoms with Crippen molar-refractivity contribution in [1.82, 2.24) is 10.2 Å². The van der Waals surface area contributed by atoms with Crippen LogP contribution in [-0.4, -0.2) is 43.7 Å². The van der Waals surface area contributed by atoms with Crippen LogP contribution in [0.4, 0.5) is 4.39 Å². The van der Waals surface area contributed by atoms with E-state index in [-0.39, 0.29) is 17.6 Å². The number of amides is 1. The molecule has 1 aromatic carbocycles. The van der Waals surface area contributed by atoms with E-state index in [0.29, 0.717) is 25.2 Å². The van der Waals surface area contributed by atoms with E-state index in [9.17, 15) is 9.18 Å². The molecule has 2 atom stereocenters. The lowest BCUT2D eigenvalue weighted by Gasteiger charge is -2.36. The highest BCUT2D eigenvalue weighted by Crippen LogP contribution is 2.28. The summed E-state index contributed by atoms with van der Waals surface area (Å²) in [6.07, 6.45) is 4.23. The molecule has 1 N–H and O–H groups in total. The molecule has 5 heteroatoms. The van der Waals surface area contributed by atoms with Crippen LogP contribution in [0.5, 0.6) is 0 Å². The highest BCUT2D eigenvalue weighted by atomic mass is 19.1. The lowest BCUT2D eigenvalue weighted by atomic mass is 9.92. The maximum atomic E-state index is 13.1. The number of nitrogens with zero attached hydrogens (tertiary/aromatic N) is 1. The first kappa shape index (κ1) is 18.3. The van der Waals surface area contributed by atoms with Gasteiger partial charge in [0.15, 0.2) is 0 Å². The molecule has 0 aliphatic carbocycles. The van der Waals surface area contributed by atoms with Crippen LogP contribution < -0.4 is 5.32 Å². The third kappa shape index (κ3) is 5.02. The average Bonchev–Trinajstić information content (AvgIpc) is 3.17. The zero-order valence-corrected chi connectivity index (χ0v) is 15.0. The number of halogens is 1. The number of carbonyl (C=O) groups excluding carboxylic acids is 1. The number of benzene rings is 1. The van der Waals surface area contributed by atoms with Gasteiger partial charge in [0.25, 0.3) is 0 Å². The van der Waals surface area contributed by atoms with Gasteiger partial charge in [0.1, 0.15) is 5.82 Å². The van der Waals surface area contributed by atoms with E-state index in [0.717, 1.165) is 45.3 Å². The molecule has 4 nitrogen and oxygen atoms in total. The molecule has 138 valence electrons. The smallest absolute Gasteiger partial charge is 0.225 e. The average molecular weight is 348 g/mol. The van der Waals surface area contributed by atoms with Gasteiger partial charge in [-0.2, -0.15) is 0 Å². The van der Waals surface area contributed by atoms with Gasteiger partial charge in [-0.05, 0) is 69.3 Å². The zero-order valence-electron chi connectivity index (χ0n) is 15.0. The second-order valence-corrected chi connectivity index (χ2v) is 7.35. The van der Waals surface area contributed by atoms with Crippen LogP contribution >= 0.6 is 0 Å². The molecule has 1 aromatic rings. The Labute approximate surface area is 149 Å². The van der Waals surface area contributed by atoms with Crippen LogP contribution in [0, 0.1) is 17.7 Å². The third-order valence-corrected chi connectivity index (χ3v) is 5.70. The minimum atomic E-state index is -0.180. The van der Waals surface area contributed by atoms with Gasteiger partial charge in [-0.3, -0.25) is 9.69 Å². The van der Waals surface area contributed by atoms with Gasteiger partial charge in [0.2, 0.25) is 5.91 Å². The monoisotopic (exact) mass is 348 g/mol. The van der Waals surface area contributed by atoms with E-state index in [4.69, 9.17) is 4.74 Å². The highest BCUT2D eigenvalue weighted by Gasteiger charge is 2.25. The van der Waals surface area contributed by atoms with E-state index in [1.165, 1.54) is 17.7 Å². The minimum Gasteiger partial charge on any atom is -0.381 e. The number of rotatable bonds is 6. The Hall–Kier alpha value is -1.46. The summed E-state index contributed by atoms with van der Waals surface area (Å²) in [6.45, 7) is 6.38. The van der Waals surface area contributed by atoms with Crippen molar-refractivity contribution < 1.29 is 13.9 Å². The van der Waals surface area contributed by atoms with Gasteiger partial charge in [0.05, 0.1) is 12.5 Å². The van der Waals surface area contributed by atoms with Crippen LogP contribution in [0.15, 0.2) is 24.3 Å². The van der Waals surface area contributed by atoms with Crippen LogP contribution in [-0.2, 0) is 9.53 Å². The van der Waals surface area contributed by atoms with E-state index in [1.54, 1.807) is 0 Å². The Morgan fingerprint density at radius 3 is 2.64 bits per heavy atom. The number of nitrogens with one attached hydrogen (secondary N) is 1. The summed E-state index contributed by atoms with van der Waals surface area (Å²) in [7, 11) is 0. The van der Waals surface area contributed by atoms with Crippen molar-refractivity contribution in [2.75, 3.05) is 32.8 Å². The first-order chi connectivity index (χ1) is 12.1. The number of carbonyl (C=O) groups is 1. The Bertz CT molecular complexity index is 549. The molecular weight excluding hydrogens is 319 g/mol. The lowest BCUT2D eigenvalue weighted by Crippen LogP contribution is -2.37. The summed E-state index contributed by atoms with van der Waals surface area (Å²) in [5, 5.41) is 3.07. The van der Waals surface area contributed by atoms with Gasteiger partial charge in [-0.15, -0.1) is 0 Å². The molecule has 2 unspecified atom stereocenters. The summed E-state index contributed by atoms with van der Waals surface area (Å²) < 4.78 is 18.3. The summed E-state index contributed by atoms with van der Waals surface area (Å²) in [4.78, 5) is 14.5. The van der Waals surface area contributed by atoms with Crippen LogP contribution in [0.25, 0.3) is 0 Å². The molecule has 0 radical (unpaired) electrons. The van der Waals surface area contributed by atoms with Gasteiger partial charge in [-0.25, -0.2) is 4.39 Å². The second-order valence-electron chi connectivity index (χ2n) is 7.35. The van der Waals surface area contributed by atoms with Crippen molar-refractivity contribution in [3.63, 3.8) is 0 Å². The van der Waals surface area contributed by atoms with Gasteiger partial charge >= 0.3 is 0 Å². The summed E-state index contributed by atoms with van der Waals surface area (Å²) >= 11 is 0. The quantitative estimate of drug-likeness (QED) is 0.859. The fourth-order valence-corrected chi connectivity index (χ4v) is 3.87. The molecule has 25 heavy (non-hydrogen) atoms. The van der Waals surface area contributed by atoms with Gasteiger partial charge in [-0.1, -0.05) is 12.1 Å². The maximum absolute atomic E-state index is 13.1. The number of likely N-dealkylation sites (tertiary alicyclic amines) is 1. The maximum Gasteiger partial charge on any atom is 0.225 e. The Morgan fingerprint density at radius 2 is 2.00 bits per heavy atom. The van der Waals surface area contributed by atoms with Crippen molar-refractivity contribution in [3.05, 3.63) is 35.6 Å². The fourth-order valence-electron chi connectivity index (χ4n) is 3.87. The van der Waals surface area contributed by atoms with E-state index < -0.39 is 0 Å². The minimum absolute atomic E-state index is 0.0541. The van der Waals surface area contributed by atoms with Crippen LogP contribution in [0.2, 0.25) is 0 Å². The van der Waals surface area contributed by atoms with Crippen molar-refractivity contribution in [2.24, 2.45) is 11.8 Å². The van der Waals surface area contributed by atoms with E-state index >= 15 is 0 Å². The Balaban J connectivity index is 1.36. The lowest BCUT2D eigenvalue weighted by molar-refractivity contribution is -0.125. The number of ether oxygens (including phenoxy) is 1. The topological polar surface area (TPSA) is 41.6 Å². The molecule has 0 aromatic heterocycles. The second kappa shape index (κ2) is 8.77. The normalized spacial score (nSPS) is 23.5. The number of hydrogen-bond acceptors (Lipinski definition) is 3. The summed E-state index contributed by atoms with van der Waals surface area (Å²) in [5.41, 5.74) is 1.17. The van der Waals surface area contributed by atoms with Crippen molar-refractivity contribution >= 4 is 5.91 Å². The molecule has 3 rings (SSSR count).